The lowest BCUT2D eigenvalue weighted by molar-refractivity contribution is 0.0450. The quantitative estimate of drug-likeness (QED) is 0.793. The Morgan fingerprint density at radius 3 is 2.00 bits per heavy atom. The predicted molar refractivity (Wildman–Crippen MR) is 71.8 cm³/mol. The van der Waals surface area contributed by atoms with Crippen LogP contribution in [0.1, 0.15) is 48.0 Å². The minimum absolute atomic E-state index is 0.329. The fraction of sp³-hybridized carbons (Fsp3) is 1.00. The second-order valence-electron chi connectivity index (χ2n) is 6.87. The minimum Gasteiger partial charge on any atom is -0.314 e. The van der Waals surface area contributed by atoms with Crippen LogP contribution in [0.5, 0.6) is 0 Å². The molecule has 1 fully saturated rings. The number of hydrogen-bond donors (Lipinski definition) is 1. The molecular formula is C14H30N2. The molecule has 0 aromatic carbocycles. The van der Waals surface area contributed by atoms with Crippen LogP contribution in [0.2, 0.25) is 0 Å². The highest BCUT2D eigenvalue weighted by Gasteiger charge is 2.35. The summed E-state index contributed by atoms with van der Waals surface area (Å²) in [5, 5.41) is 3.43. The molecule has 0 atom stereocenters. The average Bonchev–Trinajstić information content (AvgIpc) is 2.17. The maximum absolute atomic E-state index is 3.43. The topological polar surface area (TPSA) is 15.3 Å². The van der Waals surface area contributed by atoms with Crippen molar-refractivity contribution in [3.63, 3.8) is 0 Å². The molecule has 16 heavy (non-hydrogen) atoms. The molecule has 0 aromatic heterocycles. The van der Waals surface area contributed by atoms with Crippen LogP contribution < -0.4 is 5.32 Å². The molecule has 0 radical (unpaired) electrons. The van der Waals surface area contributed by atoms with Gasteiger partial charge in [0, 0.05) is 31.7 Å². The Bertz CT molecular complexity index is 213. The van der Waals surface area contributed by atoms with Crippen molar-refractivity contribution < 1.29 is 0 Å². The third kappa shape index (κ3) is 3.46. The fourth-order valence-corrected chi connectivity index (χ4v) is 2.70. The van der Waals surface area contributed by atoms with Crippen molar-refractivity contribution in [2.24, 2.45) is 11.3 Å². The van der Waals surface area contributed by atoms with Crippen LogP contribution in [0.3, 0.4) is 0 Å². The molecule has 96 valence electrons. The summed E-state index contributed by atoms with van der Waals surface area (Å²) in [6.07, 6.45) is 1.28. The van der Waals surface area contributed by atoms with Gasteiger partial charge < -0.3 is 5.32 Å². The van der Waals surface area contributed by atoms with E-state index in [0.717, 1.165) is 19.0 Å². The van der Waals surface area contributed by atoms with Crippen LogP contribution in [0.25, 0.3) is 0 Å². The van der Waals surface area contributed by atoms with E-state index >= 15 is 0 Å². The summed E-state index contributed by atoms with van der Waals surface area (Å²) in [7, 11) is 0. The smallest absolute Gasteiger partial charge is 0.0159 e. The lowest BCUT2D eigenvalue weighted by Crippen LogP contribution is -2.55. The predicted octanol–water partition coefficient (Wildman–Crippen LogP) is 2.74. The van der Waals surface area contributed by atoms with Gasteiger partial charge >= 0.3 is 0 Å². The van der Waals surface area contributed by atoms with Gasteiger partial charge in [-0.2, -0.15) is 0 Å². The molecule has 1 N–H and O–H groups in total. The monoisotopic (exact) mass is 226 g/mol. The van der Waals surface area contributed by atoms with Crippen LogP contribution in [0.15, 0.2) is 0 Å². The first-order chi connectivity index (χ1) is 7.26. The molecule has 0 spiro atoms. The second kappa shape index (κ2) is 5.05. The van der Waals surface area contributed by atoms with Crippen LogP contribution in [-0.2, 0) is 0 Å². The van der Waals surface area contributed by atoms with Crippen molar-refractivity contribution in [3.05, 3.63) is 0 Å². The largest absolute Gasteiger partial charge is 0.314 e. The van der Waals surface area contributed by atoms with Crippen LogP contribution in [0.4, 0.5) is 0 Å². The van der Waals surface area contributed by atoms with Crippen molar-refractivity contribution in [2.45, 2.75) is 53.5 Å². The molecule has 0 amide bonds. The summed E-state index contributed by atoms with van der Waals surface area (Å²) in [6.45, 7) is 19.0. The fourth-order valence-electron chi connectivity index (χ4n) is 2.70. The Morgan fingerprint density at radius 1 is 1.06 bits per heavy atom. The number of hydrogen-bond acceptors (Lipinski definition) is 2. The standard InChI is InChI=1S/C14H30N2/c1-12(2)13(3,4)11-14(5,6)16-9-7-15-8-10-16/h12,15H,7-11H2,1-6H3. The Labute approximate surface area is 102 Å². The molecule has 0 aromatic rings. The summed E-state index contributed by atoms with van der Waals surface area (Å²) in [5.41, 5.74) is 0.754. The molecule has 0 bridgehead atoms. The normalized spacial score (nSPS) is 20.4. The van der Waals surface area contributed by atoms with Gasteiger partial charge in [0.05, 0.1) is 0 Å². The van der Waals surface area contributed by atoms with Gasteiger partial charge in [0.15, 0.2) is 0 Å². The van der Waals surface area contributed by atoms with E-state index in [1.807, 2.05) is 0 Å². The lowest BCUT2D eigenvalue weighted by Gasteiger charge is -2.46. The Hall–Kier alpha value is -0.0800. The summed E-state index contributed by atoms with van der Waals surface area (Å²) in [5.74, 6) is 0.745. The van der Waals surface area contributed by atoms with E-state index in [1.165, 1.54) is 19.5 Å². The van der Waals surface area contributed by atoms with Crippen molar-refractivity contribution >= 4 is 0 Å². The third-order valence-corrected chi connectivity index (χ3v) is 4.42. The molecule has 1 aliphatic heterocycles. The number of nitrogens with zero attached hydrogens (tertiary/aromatic N) is 1. The van der Waals surface area contributed by atoms with Crippen molar-refractivity contribution in [3.8, 4) is 0 Å². The molecule has 1 rings (SSSR count). The number of rotatable bonds is 4. The van der Waals surface area contributed by atoms with Gasteiger partial charge in [-0.3, -0.25) is 4.90 Å². The number of nitrogens with one attached hydrogen (secondary N) is 1. The van der Waals surface area contributed by atoms with E-state index in [4.69, 9.17) is 0 Å². The van der Waals surface area contributed by atoms with Crippen LogP contribution >= 0.6 is 0 Å². The zero-order chi connectivity index (χ0) is 12.4. The van der Waals surface area contributed by atoms with Gasteiger partial charge in [0.1, 0.15) is 0 Å². The Morgan fingerprint density at radius 2 is 1.56 bits per heavy atom. The maximum Gasteiger partial charge on any atom is 0.0159 e. The highest BCUT2D eigenvalue weighted by atomic mass is 15.2. The van der Waals surface area contributed by atoms with Crippen molar-refractivity contribution in [1.29, 1.82) is 0 Å². The molecule has 0 saturated carbocycles. The van der Waals surface area contributed by atoms with E-state index in [2.05, 4.69) is 51.8 Å². The van der Waals surface area contributed by atoms with Gasteiger partial charge in [-0.25, -0.2) is 0 Å². The van der Waals surface area contributed by atoms with Gasteiger partial charge in [-0.15, -0.1) is 0 Å². The average molecular weight is 226 g/mol. The first-order valence-corrected chi connectivity index (χ1v) is 6.71. The van der Waals surface area contributed by atoms with Crippen molar-refractivity contribution in [1.82, 2.24) is 10.2 Å². The van der Waals surface area contributed by atoms with Gasteiger partial charge in [0.2, 0.25) is 0 Å². The highest BCUT2D eigenvalue weighted by Crippen LogP contribution is 2.37. The molecule has 2 heteroatoms. The Kier molecular flexibility index (Phi) is 4.42. The molecule has 1 saturated heterocycles. The van der Waals surface area contributed by atoms with Crippen LogP contribution in [-0.4, -0.2) is 36.6 Å². The third-order valence-electron chi connectivity index (χ3n) is 4.42. The van der Waals surface area contributed by atoms with Gasteiger partial charge in [-0.05, 0) is 31.6 Å². The Balaban J connectivity index is 2.62. The van der Waals surface area contributed by atoms with E-state index < -0.39 is 0 Å². The maximum atomic E-state index is 3.43. The first kappa shape index (κ1) is 14.0. The van der Waals surface area contributed by atoms with E-state index in [0.29, 0.717) is 11.0 Å². The second-order valence-corrected chi connectivity index (χ2v) is 6.87. The molecule has 1 heterocycles. The summed E-state index contributed by atoms with van der Waals surface area (Å²) >= 11 is 0. The molecule has 0 aliphatic carbocycles. The van der Waals surface area contributed by atoms with Gasteiger partial charge in [0.25, 0.3) is 0 Å². The first-order valence-electron chi connectivity index (χ1n) is 6.71. The summed E-state index contributed by atoms with van der Waals surface area (Å²) in [4.78, 5) is 2.65. The SMILES string of the molecule is CC(C)C(C)(C)CC(C)(C)N1CCNCC1. The van der Waals surface area contributed by atoms with Crippen molar-refractivity contribution in [2.75, 3.05) is 26.2 Å². The summed E-state index contributed by atoms with van der Waals surface area (Å²) in [6, 6.07) is 0. The zero-order valence-electron chi connectivity index (χ0n) is 12.1. The zero-order valence-corrected chi connectivity index (χ0v) is 12.1. The molecular weight excluding hydrogens is 196 g/mol. The molecule has 0 unspecified atom stereocenters. The summed E-state index contributed by atoms with van der Waals surface area (Å²) < 4.78 is 0. The lowest BCUT2D eigenvalue weighted by atomic mass is 9.72. The van der Waals surface area contributed by atoms with E-state index in [1.54, 1.807) is 0 Å². The van der Waals surface area contributed by atoms with E-state index in [9.17, 15) is 0 Å². The molecule has 2 nitrogen and oxygen atoms in total. The van der Waals surface area contributed by atoms with Gasteiger partial charge in [-0.1, -0.05) is 27.7 Å². The molecule has 1 aliphatic rings. The minimum atomic E-state index is 0.329. The van der Waals surface area contributed by atoms with E-state index in [-0.39, 0.29) is 0 Å². The van der Waals surface area contributed by atoms with Crippen LogP contribution in [0, 0.1) is 11.3 Å². The highest BCUT2D eigenvalue weighted by molar-refractivity contribution is 4.90. The number of piperazine rings is 1.